The first-order valence-corrected chi connectivity index (χ1v) is 8.36. The third-order valence-electron chi connectivity index (χ3n) is 4.15. The summed E-state index contributed by atoms with van der Waals surface area (Å²) in [4.78, 5) is 11.6. The van der Waals surface area contributed by atoms with Gasteiger partial charge in [-0.2, -0.15) is 0 Å². The molecule has 2 aromatic heterocycles. The number of rotatable bonds is 5. The van der Waals surface area contributed by atoms with Crippen LogP contribution in [-0.4, -0.2) is 20.1 Å². The van der Waals surface area contributed by atoms with Gasteiger partial charge in [0, 0.05) is 29.3 Å². The quantitative estimate of drug-likeness (QED) is 0.751. The van der Waals surface area contributed by atoms with E-state index in [1.54, 1.807) is 10.9 Å². The van der Waals surface area contributed by atoms with Crippen LogP contribution < -0.4 is 0 Å². The van der Waals surface area contributed by atoms with Gasteiger partial charge in [-0.15, -0.1) is 11.3 Å². The second-order valence-corrected chi connectivity index (χ2v) is 6.40. The Morgan fingerprint density at radius 2 is 2.00 bits per heavy atom. The molecular formula is C17H14F3N3OS. The number of benzene rings is 1. The maximum absolute atomic E-state index is 14.4. The van der Waals surface area contributed by atoms with Gasteiger partial charge in [0.25, 0.3) is 0 Å². The summed E-state index contributed by atoms with van der Waals surface area (Å²) in [6.45, 7) is 1.53. The van der Waals surface area contributed by atoms with E-state index in [9.17, 15) is 18.3 Å². The van der Waals surface area contributed by atoms with Crippen LogP contribution >= 0.6 is 11.3 Å². The van der Waals surface area contributed by atoms with Crippen LogP contribution in [-0.2, 0) is 12.0 Å². The Hall–Kier alpha value is -2.32. The molecular weight excluding hydrogens is 351 g/mol. The van der Waals surface area contributed by atoms with Crippen molar-refractivity contribution in [2.45, 2.75) is 24.9 Å². The van der Waals surface area contributed by atoms with Crippen LogP contribution in [0.3, 0.4) is 0 Å². The topological polar surface area (TPSA) is 58.9 Å². The minimum Gasteiger partial charge on any atom is -0.384 e. The molecule has 0 aliphatic heterocycles. The van der Waals surface area contributed by atoms with E-state index in [1.807, 2.05) is 0 Å². The zero-order valence-electron chi connectivity index (χ0n) is 13.2. The molecule has 1 aromatic carbocycles. The first-order valence-electron chi connectivity index (χ1n) is 7.42. The molecule has 0 spiro atoms. The van der Waals surface area contributed by atoms with E-state index in [1.165, 1.54) is 18.3 Å². The van der Waals surface area contributed by atoms with Crippen molar-refractivity contribution in [2.24, 2.45) is 0 Å². The van der Waals surface area contributed by atoms with Crippen LogP contribution in [0.25, 0.3) is 0 Å². The molecule has 1 N–H and O–H groups in total. The summed E-state index contributed by atoms with van der Waals surface area (Å²) in [6.07, 6.45) is 2.05. The van der Waals surface area contributed by atoms with E-state index in [2.05, 4.69) is 15.0 Å². The average Bonchev–Trinajstić information content (AvgIpc) is 3.07. The summed E-state index contributed by atoms with van der Waals surface area (Å²) in [7, 11) is 0. The maximum atomic E-state index is 14.4. The fourth-order valence-electron chi connectivity index (χ4n) is 2.79. The van der Waals surface area contributed by atoms with Gasteiger partial charge in [0.05, 0.1) is 23.1 Å². The van der Waals surface area contributed by atoms with Gasteiger partial charge in [0.1, 0.15) is 23.6 Å². The highest BCUT2D eigenvalue weighted by Gasteiger charge is 2.41. The Labute approximate surface area is 146 Å². The number of aliphatic hydroxyl groups is 1. The van der Waals surface area contributed by atoms with E-state index in [4.69, 9.17) is 0 Å². The van der Waals surface area contributed by atoms with Gasteiger partial charge in [0.15, 0.2) is 5.82 Å². The number of hydrogen-bond acceptors (Lipinski definition) is 5. The standard InChI is InChI=1S/C17H14F3N3OS/c1-10(16-15(20)6-21-8-22-16)17(24,5-12-7-25-9-23-12)13-3-2-11(18)4-14(13)19/h2-4,6-10,24H,5H2,1H3/t10-,17+/m0/s1. The summed E-state index contributed by atoms with van der Waals surface area (Å²) in [5, 5.41) is 13.1. The molecule has 0 unspecified atom stereocenters. The molecule has 25 heavy (non-hydrogen) atoms. The Balaban J connectivity index is 2.13. The van der Waals surface area contributed by atoms with E-state index in [-0.39, 0.29) is 17.7 Å². The molecule has 0 radical (unpaired) electrons. The molecule has 3 rings (SSSR count). The van der Waals surface area contributed by atoms with Crippen LogP contribution in [0.4, 0.5) is 13.2 Å². The number of hydrogen-bond donors (Lipinski definition) is 1. The number of halogens is 3. The highest BCUT2D eigenvalue weighted by atomic mass is 32.1. The Morgan fingerprint density at radius 1 is 1.20 bits per heavy atom. The van der Waals surface area contributed by atoms with Crippen LogP contribution in [0, 0.1) is 17.5 Å². The molecule has 0 saturated heterocycles. The van der Waals surface area contributed by atoms with Gasteiger partial charge in [-0.3, -0.25) is 0 Å². The predicted octanol–water partition coefficient (Wildman–Crippen LogP) is 3.58. The average molecular weight is 365 g/mol. The summed E-state index contributed by atoms with van der Waals surface area (Å²) < 4.78 is 41.8. The van der Waals surface area contributed by atoms with E-state index < -0.39 is 29.0 Å². The fourth-order valence-corrected chi connectivity index (χ4v) is 3.35. The summed E-state index contributed by atoms with van der Waals surface area (Å²) in [6, 6.07) is 2.89. The molecule has 0 fully saturated rings. The predicted molar refractivity (Wildman–Crippen MR) is 86.5 cm³/mol. The zero-order chi connectivity index (χ0) is 18.0. The van der Waals surface area contributed by atoms with Gasteiger partial charge >= 0.3 is 0 Å². The highest BCUT2D eigenvalue weighted by molar-refractivity contribution is 7.07. The van der Waals surface area contributed by atoms with Crippen LogP contribution in [0.5, 0.6) is 0 Å². The van der Waals surface area contributed by atoms with Crippen molar-refractivity contribution in [1.82, 2.24) is 15.0 Å². The molecule has 2 atom stereocenters. The molecule has 0 bridgehead atoms. The number of nitrogens with zero attached hydrogens (tertiary/aromatic N) is 3. The van der Waals surface area contributed by atoms with Crippen molar-refractivity contribution >= 4 is 11.3 Å². The number of aromatic nitrogens is 3. The second kappa shape index (κ2) is 6.89. The SMILES string of the molecule is C[C@@H](c1ncncc1F)[C@](O)(Cc1cscn1)c1ccc(F)cc1F. The molecule has 0 amide bonds. The first kappa shape index (κ1) is 17.5. The summed E-state index contributed by atoms with van der Waals surface area (Å²) >= 11 is 1.32. The molecule has 130 valence electrons. The zero-order valence-corrected chi connectivity index (χ0v) is 14.0. The molecule has 0 aliphatic rings. The van der Waals surface area contributed by atoms with Gasteiger partial charge in [-0.1, -0.05) is 13.0 Å². The van der Waals surface area contributed by atoms with Crippen molar-refractivity contribution < 1.29 is 18.3 Å². The van der Waals surface area contributed by atoms with Gasteiger partial charge in [-0.05, 0) is 6.07 Å². The molecule has 0 saturated carbocycles. The van der Waals surface area contributed by atoms with Crippen molar-refractivity contribution in [3.63, 3.8) is 0 Å². The number of thiazole rings is 1. The Kier molecular flexibility index (Phi) is 4.82. The minimum atomic E-state index is -1.87. The fraction of sp³-hybridized carbons (Fsp3) is 0.235. The Bertz CT molecular complexity index is 875. The molecule has 2 heterocycles. The van der Waals surface area contributed by atoms with Gasteiger partial charge < -0.3 is 5.11 Å². The lowest BCUT2D eigenvalue weighted by molar-refractivity contribution is 0.00606. The van der Waals surface area contributed by atoms with Gasteiger partial charge in [-0.25, -0.2) is 28.1 Å². The van der Waals surface area contributed by atoms with Crippen LogP contribution in [0.2, 0.25) is 0 Å². The van der Waals surface area contributed by atoms with Crippen LogP contribution in [0.1, 0.15) is 29.8 Å². The highest BCUT2D eigenvalue weighted by Crippen LogP contribution is 2.40. The van der Waals surface area contributed by atoms with Crippen molar-refractivity contribution in [1.29, 1.82) is 0 Å². The minimum absolute atomic E-state index is 0.0588. The molecule has 4 nitrogen and oxygen atoms in total. The molecule has 0 aliphatic carbocycles. The van der Waals surface area contributed by atoms with Crippen molar-refractivity contribution in [3.05, 3.63) is 76.0 Å². The normalized spacial score (nSPS) is 14.9. The third kappa shape index (κ3) is 3.40. The van der Waals surface area contributed by atoms with Crippen molar-refractivity contribution in [3.8, 4) is 0 Å². The molecule has 3 aromatic rings. The monoisotopic (exact) mass is 365 g/mol. The smallest absolute Gasteiger partial charge is 0.163 e. The van der Waals surface area contributed by atoms with E-state index in [0.29, 0.717) is 11.8 Å². The van der Waals surface area contributed by atoms with Gasteiger partial charge in [0.2, 0.25) is 0 Å². The lowest BCUT2D eigenvalue weighted by Crippen LogP contribution is -2.36. The van der Waals surface area contributed by atoms with E-state index in [0.717, 1.165) is 24.7 Å². The van der Waals surface area contributed by atoms with E-state index >= 15 is 0 Å². The summed E-state index contributed by atoms with van der Waals surface area (Å²) in [5.41, 5.74) is 0.00900. The largest absolute Gasteiger partial charge is 0.384 e. The van der Waals surface area contributed by atoms with Crippen LogP contribution in [0.15, 0.2) is 41.6 Å². The maximum Gasteiger partial charge on any atom is 0.163 e. The third-order valence-corrected chi connectivity index (χ3v) is 4.79. The lowest BCUT2D eigenvalue weighted by atomic mass is 9.77. The Morgan fingerprint density at radius 3 is 2.64 bits per heavy atom. The lowest BCUT2D eigenvalue weighted by Gasteiger charge is -2.34. The molecule has 8 heteroatoms. The first-order chi connectivity index (χ1) is 11.9. The second-order valence-electron chi connectivity index (χ2n) is 5.68. The van der Waals surface area contributed by atoms with Crippen molar-refractivity contribution in [2.75, 3.05) is 0 Å². The summed E-state index contributed by atoms with van der Waals surface area (Å²) in [5.74, 6) is -3.33.